The molecule has 3 rings (SSSR count). The molecular weight excluding hydrogens is 306 g/mol. The molecule has 0 amide bonds. The van der Waals surface area contributed by atoms with Gasteiger partial charge in [-0.05, 0) is 23.8 Å². The zero-order valence-corrected chi connectivity index (χ0v) is 13.7. The minimum absolute atomic E-state index is 0.0510. The SMILES string of the molecule is CN1C(=CC(=O)c2cccnc2)C(C)(C)c2cc([N+](=O)[O-])ccc21. The largest absolute Gasteiger partial charge is 0.347 e. The number of hydrogen-bond acceptors (Lipinski definition) is 5. The highest BCUT2D eigenvalue weighted by Gasteiger charge is 2.40. The molecule has 0 aliphatic carbocycles. The number of carbonyl (C=O) groups excluding carboxylic acids is 1. The fourth-order valence-corrected chi connectivity index (χ4v) is 3.11. The van der Waals surface area contributed by atoms with Gasteiger partial charge >= 0.3 is 0 Å². The summed E-state index contributed by atoms with van der Waals surface area (Å²) >= 11 is 0. The molecule has 0 bridgehead atoms. The van der Waals surface area contributed by atoms with Gasteiger partial charge in [0.25, 0.3) is 5.69 Å². The topological polar surface area (TPSA) is 76.3 Å². The van der Waals surface area contributed by atoms with Crippen molar-refractivity contribution in [2.75, 3.05) is 11.9 Å². The lowest BCUT2D eigenvalue weighted by atomic mass is 9.83. The van der Waals surface area contributed by atoms with Crippen molar-refractivity contribution in [3.8, 4) is 0 Å². The normalized spacial score (nSPS) is 17.0. The predicted octanol–water partition coefficient (Wildman–Crippen LogP) is 3.48. The molecule has 0 spiro atoms. The smallest absolute Gasteiger partial charge is 0.269 e. The van der Waals surface area contributed by atoms with Crippen molar-refractivity contribution in [2.45, 2.75) is 19.3 Å². The van der Waals surface area contributed by atoms with Crippen LogP contribution in [0, 0.1) is 10.1 Å². The summed E-state index contributed by atoms with van der Waals surface area (Å²) in [5, 5.41) is 11.1. The quantitative estimate of drug-likeness (QED) is 0.374. The molecule has 6 heteroatoms. The van der Waals surface area contributed by atoms with E-state index in [2.05, 4.69) is 4.98 Å². The Morgan fingerprint density at radius 1 is 1.33 bits per heavy atom. The molecule has 0 saturated carbocycles. The van der Waals surface area contributed by atoms with Gasteiger partial charge in [-0.2, -0.15) is 0 Å². The number of non-ortho nitro benzene ring substituents is 1. The summed E-state index contributed by atoms with van der Waals surface area (Å²) < 4.78 is 0. The van der Waals surface area contributed by atoms with E-state index < -0.39 is 10.3 Å². The second-order valence-corrected chi connectivity index (χ2v) is 6.28. The van der Waals surface area contributed by atoms with E-state index in [1.807, 2.05) is 25.8 Å². The van der Waals surface area contributed by atoms with Crippen molar-refractivity contribution in [1.29, 1.82) is 0 Å². The van der Waals surface area contributed by atoms with E-state index in [0.717, 1.165) is 16.9 Å². The average Bonchev–Trinajstić information content (AvgIpc) is 2.76. The molecule has 24 heavy (non-hydrogen) atoms. The number of nitrogens with zero attached hydrogens (tertiary/aromatic N) is 3. The zero-order chi connectivity index (χ0) is 17.5. The van der Waals surface area contributed by atoms with Gasteiger partial charge in [-0.3, -0.25) is 19.9 Å². The van der Waals surface area contributed by atoms with Crippen molar-refractivity contribution in [3.63, 3.8) is 0 Å². The van der Waals surface area contributed by atoms with E-state index in [-0.39, 0.29) is 11.5 Å². The standard InChI is InChI=1S/C18H17N3O3/c1-18(2)14-9-13(21(23)24)6-7-15(14)20(3)17(18)10-16(22)12-5-4-8-19-11-12/h4-11H,1-3H3. The van der Waals surface area contributed by atoms with Crippen LogP contribution in [0.25, 0.3) is 0 Å². The summed E-state index contributed by atoms with van der Waals surface area (Å²) in [4.78, 5) is 29.0. The summed E-state index contributed by atoms with van der Waals surface area (Å²) in [6.07, 6.45) is 4.73. The van der Waals surface area contributed by atoms with Gasteiger partial charge in [0.1, 0.15) is 0 Å². The van der Waals surface area contributed by atoms with Crippen LogP contribution in [-0.4, -0.2) is 22.7 Å². The van der Waals surface area contributed by atoms with Crippen LogP contribution in [0.15, 0.2) is 54.5 Å². The number of nitro benzene ring substituents is 1. The minimum atomic E-state index is -0.506. The van der Waals surface area contributed by atoms with Crippen LogP contribution in [-0.2, 0) is 5.41 Å². The molecule has 2 heterocycles. The van der Waals surface area contributed by atoms with E-state index in [1.165, 1.54) is 12.3 Å². The average molecular weight is 323 g/mol. The van der Waals surface area contributed by atoms with Crippen molar-refractivity contribution in [3.05, 3.63) is 75.7 Å². The predicted molar refractivity (Wildman–Crippen MR) is 91.2 cm³/mol. The van der Waals surface area contributed by atoms with E-state index in [0.29, 0.717) is 5.56 Å². The Balaban J connectivity index is 2.06. The Morgan fingerprint density at radius 2 is 2.08 bits per heavy atom. The van der Waals surface area contributed by atoms with Crippen molar-refractivity contribution in [1.82, 2.24) is 4.98 Å². The summed E-state index contributed by atoms with van der Waals surface area (Å²) in [5.74, 6) is -0.139. The van der Waals surface area contributed by atoms with Gasteiger partial charge in [0.15, 0.2) is 5.78 Å². The molecular formula is C18H17N3O3. The number of anilines is 1. The fourth-order valence-electron chi connectivity index (χ4n) is 3.11. The first-order valence-electron chi connectivity index (χ1n) is 7.51. The first-order valence-corrected chi connectivity index (χ1v) is 7.51. The van der Waals surface area contributed by atoms with Crippen LogP contribution in [0.2, 0.25) is 0 Å². The molecule has 1 aliphatic heterocycles. The van der Waals surface area contributed by atoms with Crippen molar-refractivity contribution < 1.29 is 9.72 Å². The first kappa shape index (κ1) is 15.9. The van der Waals surface area contributed by atoms with Crippen LogP contribution in [0.1, 0.15) is 29.8 Å². The van der Waals surface area contributed by atoms with Crippen molar-refractivity contribution >= 4 is 17.2 Å². The minimum Gasteiger partial charge on any atom is -0.347 e. The van der Waals surface area contributed by atoms with Crippen LogP contribution in [0.4, 0.5) is 11.4 Å². The molecule has 1 aromatic heterocycles. The molecule has 122 valence electrons. The summed E-state index contributed by atoms with van der Waals surface area (Å²) in [7, 11) is 1.86. The van der Waals surface area contributed by atoms with Gasteiger partial charge in [0.05, 0.1) is 4.92 Å². The number of allylic oxidation sites excluding steroid dienone is 2. The van der Waals surface area contributed by atoms with E-state index in [1.54, 1.807) is 36.5 Å². The molecule has 0 saturated heterocycles. The number of pyridine rings is 1. The van der Waals surface area contributed by atoms with E-state index in [9.17, 15) is 14.9 Å². The number of fused-ring (bicyclic) bond motifs is 1. The molecule has 6 nitrogen and oxygen atoms in total. The molecule has 0 radical (unpaired) electrons. The van der Waals surface area contributed by atoms with Crippen LogP contribution >= 0.6 is 0 Å². The van der Waals surface area contributed by atoms with E-state index in [4.69, 9.17) is 0 Å². The first-order chi connectivity index (χ1) is 11.3. The number of carbonyl (C=O) groups is 1. The molecule has 0 fully saturated rings. The van der Waals surface area contributed by atoms with Gasteiger partial charge in [-0.15, -0.1) is 0 Å². The highest BCUT2D eigenvalue weighted by Crippen LogP contribution is 2.48. The van der Waals surface area contributed by atoms with Gasteiger partial charge in [0.2, 0.25) is 0 Å². The number of benzene rings is 1. The third-order valence-corrected chi connectivity index (χ3v) is 4.44. The molecule has 2 aromatic rings. The number of ketones is 1. The van der Waals surface area contributed by atoms with Crippen molar-refractivity contribution in [2.24, 2.45) is 0 Å². The molecule has 1 aromatic carbocycles. The van der Waals surface area contributed by atoms with Gasteiger partial charge in [-0.1, -0.05) is 13.8 Å². The summed E-state index contributed by atoms with van der Waals surface area (Å²) in [6, 6.07) is 8.23. The molecule has 0 atom stereocenters. The lowest BCUT2D eigenvalue weighted by molar-refractivity contribution is -0.384. The maximum Gasteiger partial charge on any atom is 0.269 e. The number of nitro groups is 1. The highest BCUT2D eigenvalue weighted by molar-refractivity contribution is 6.05. The van der Waals surface area contributed by atoms with Gasteiger partial charge < -0.3 is 4.90 Å². The van der Waals surface area contributed by atoms with E-state index >= 15 is 0 Å². The third-order valence-electron chi connectivity index (χ3n) is 4.44. The zero-order valence-electron chi connectivity index (χ0n) is 13.7. The second kappa shape index (κ2) is 5.56. The Labute approximate surface area is 139 Å². The van der Waals surface area contributed by atoms with Gasteiger partial charge in [-0.25, -0.2) is 0 Å². The number of rotatable bonds is 3. The Morgan fingerprint density at radius 3 is 2.71 bits per heavy atom. The summed E-state index contributed by atoms with van der Waals surface area (Å²) in [6.45, 7) is 3.92. The van der Waals surface area contributed by atoms with Crippen LogP contribution in [0.3, 0.4) is 0 Å². The molecule has 1 aliphatic rings. The third kappa shape index (κ3) is 2.46. The molecule has 0 unspecified atom stereocenters. The second-order valence-electron chi connectivity index (χ2n) is 6.28. The monoisotopic (exact) mass is 323 g/mol. The Kier molecular flexibility index (Phi) is 3.67. The highest BCUT2D eigenvalue weighted by atomic mass is 16.6. The number of hydrogen-bond donors (Lipinski definition) is 0. The summed E-state index contributed by atoms with van der Waals surface area (Å²) in [5.41, 5.74) is 2.56. The maximum atomic E-state index is 12.5. The Bertz CT molecular complexity index is 857. The molecule has 0 N–H and O–H groups in total. The van der Waals surface area contributed by atoms with Crippen LogP contribution in [0.5, 0.6) is 0 Å². The van der Waals surface area contributed by atoms with Gasteiger partial charge in [0, 0.05) is 60.0 Å². The van der Waals surface area contributed by atoms with Crippen LogP contribution < -0.4 is 4.90 Å². The Hall–Kier alpha value is -3.02. The number of likely N-dealkylation sites (N-methyl/N-ethyl adjacent to an activating group) is 1. The lowest BCUT2D eigenvalue weighted by Crippen LogP contribution is -2.24. The maximum absolute atomic E-state index is 12.5. The number of aromatic nitrogens is 1. The fraction of sp³-hybridized carbons (Fsp3) is 0.222. The lowest BCUT2D eigenvalue weighted by Gasteiger charge is -2.23.